The second-order valence-corrected chi connectivity index (χ2v) is 4.36. The number of rotatable bonds is 5. The largest absolute Gasteiger partial charge is 0.490 e. The van der Waals surface area contributed by atoms with Gasteiger partial charge in [-0.25, -0.2) is 5.10 Å². The Morgan fingerprint density at radius 1 is 1.55 bits per heavy atom. The maximum absolute atomic E-state index is 11.2. The first-order valence-electron chi connectivity index (χ1n) is 5.87. The fraction of sp³-hybridized carbons (Fsp3) is 0.0833. The molecule has 10 heteroatoms. The maximum atomic E-state index is 11.2. The molecular formula is C12H10ClN5O4. The van der Waals surface area contributed by atoms with Crippen LogP contribution in [-0.2, 0) is 0 Å². The molecule has 2 N–H and O–H groups in total. The van der Waals surface area contributed by atoms with Crippen LogP contribution in [0.1, 0.15) is 5.56 Å². The number of H-pyrrole nitrogens is 1. The number of anilines is 1. The van der Waals surface area contributed by atoms with E-state index in [-0.39, 0.29) is 22.1 Å². The Labute approximate surface area is 128 Å². The van der Waals surface area contributed by atoms with E-state index >= 15 is 0 Å². The standard InChI is InChI=1S/C12H10ClN5O4/c1-22-10-3-2-7(4-9(10)18(20)21)5-14-16-8-6-15-17-12(19)11(8)13/h2-6H,1H3,(H2,16,17,19)/b14-5-. The first kappa shape index (κ1) is 15.4. The average molecular weight is 324 g/mol. The van der Waals surface area contributed by atoms with Gasteiger partial charge in [0.05, 0.1) is 24.4 Å². The molecule has 2 aromatic rings. The van der Waals surface area contributed by atoms with Crippen LogP contribution in [0.5, 0.6) is 5.75 Å². The molecule has 0 bridgehead atoms. The highest BCUT2D eigenvalue weighted by Gasteiger charge is 2.14. The molecule has 0 aliphatic carbocycles. The van der Waals surface area contributed by atoms with Crippen molar-refractivity contribution >= 4 is 29.2 Å². The first-order chi connectivity index (χ1) is 10.5. The van der Waals surface area contributed by atoms with Crippen LogP contribution in [0.4, 0.5) is 11.4 Å². The lowest BCUT2D eigenvalue weighted by Gasteiger charge is -2.02. The highest BCUT2D eigenvalue weighted by molar-refractivity contribution is 6.32. The molecule has 0 aliphatic heterocycles. The molecule has 2 rings (SSSR count). The van der Waals surface area contributed by atoms with Crippen LogP contribution in [0, 0.1) is 10.1 Å². The van der Waals surface area contributed by atoms with E-state index in [4.69, 9.17) is 16.3 Å². The van der Waals surface area contributed by atoms with E-state index in [9.17, 15) is 14.9 Å². The fourth-order valence-corrected chi connectivity index (χ4v) is 1.70. The highest BCUT2D eigenvalue weighted by atomic mass is 35.5. The van der Waals surface area contributed by atoms with Crippen molar-refractivity contribution in [1.82, 2.24) is 10.2 Å². The van der Waals surface area contributed by atoms with E-state index in [0.717, 1.165) is 0 Å². The second kappa shape index (κ2) is 6.68. The summed E-state index contributed by atoms with van der Waals surface area (Å²) in [5.41, 5.74) is 2.48. The summed E-state index contributed by atoms with van der Waals surface area (Å²) in [5.74, 6) is 0.150. The third-order valence-corrected chi connectivity index (χ3v) is 2.97. The first-order valence-corrected chi connectivity index (χ1v) is 6.25. The molecule has 0 unspecified atom stereocenters. The zero-order valence-corrected chi connectivity index (χ0v) is 12.0. The number of benzene rings is 1. The number of hydrogen-bond donors (Lipinski definition) is 2. The van der Waals surface area contributed by atoms with Crippen LogP contribution in [-0.4, -0.2) is 28.4 Å². The molecule has 1 aromatic carbocycles. The summed E-state index contributed by atoms with van der Waals surface area (Å²) < 4.78 is 4.90. The Kier molecular flexibility index (Phi) is 4.69. The Hall–Kier alpha value is -2.94. The molecule has 0 radical (unpaired) electrons. The van der Waals surface area contributed by atoms with E-state index in [1.165, 1.54) is 31.7 Å². The van der Waals surface area contributed by atoms with Crippen molar-refractivity contribution in [3.63, 3.8) is 0 Å². The Balaban J connectivity index is 2.20. The molecule has 0 saturated heterocycles. The third kappa shape index (κ3) is 3.38. The number of halogens is 1. The molecule has 0 spiro atoms. The van der Waals surface area contributed by atoms with Crippen LogP contribution in [0.15, 0.2) is 34.3 Å². The minimum atomic E-state index is -0.554. The summed E-state index contributed by atoms with van der Waals surface area (Å²) in [5, 5.41) is 20.4. The number of nitro benzene ring substituents is 1. The van der Waals surface area contributed by atoms with Gasteiger partial charge in [-0.1, -0.05) is 11.6 Å². The third-order valence-electron chi connectivity index (χ3n) is 2.59. The summed E-state index contributed by atoms with van der Waals surface area (Å²) in [6.07, 6.45) is 2.63. The molecule has 1 aromatic heterocycles. The molecule has 1 heterocycles. The zero-order chi connectivity index (χ0) is 16.1. The lowest BCUT2D eigenvalue weighted by Crippen LogP contribution is -2.10. The van der Waals surface area contributed by atoms with Crippen molar-refractivity contribution in [1.29, 1.82) is 0 Å². The van der Waals surface area contributed by atoms with Crippen LogP contribution in [0.3, 0.4) is 0 Å². The van der Waals surface area contributed by atoms with Crippen molar-refractivity contribution in [3.05, 3.63) is 55.5 Å². The lowest BCUT2D eigenvalue weighted by molar-refractivity contribution is -0.385. The number of nitrogens with one attached hydrogen (secondary N) is 2. The van der Waals surface area contributed by atoms with Crippen molar-refractivity contribution < 1.29 is 9.66 Å². The normalized spacial score (nSPS) is 10.6. The number of nitro groups is 1. The van der Waals surface area contributed by atoms with Gasteiger partial charge in [-0.05, 0) is 12.1 Å². The number of aromatic nitrogens is 2. The molecule has 22 heavy (non-hydrogen) atoms. The fourth-order valence-electron chi connectivity index (χ4n) is 1.57. The molecule has 0 amide bonds. The Bertz CT molecular complexity index is 789. The van der Waals surface area contributed by atoms with Gasteiger partial charge in [0.25, 0.3) is 5.56 Å². The minimum absolute atomic E-state index is 0.0899. The summed E-state index contributed by atoms with van der Waals surface area (Å²) in [6, 6.07) is 4.36. The van der Waals surface area contributed by atoms with Gasteiger partial charge < -0.3 is 4.74 Å². The predicted octanol–water partition coefficient (Wildman–Crippen LogP) is 1.79. The number of ether oxygens (including phenoxy) is 1. The number of aromatic amines is 1. The van der Waals surface area contributed by atoms with Crippen molar-refractivity contribution in [2.75, 3.05) is 12.5 Å². The maximum Gasteiger partial charge on any atom is 0.311 e. The van der Waals surface area contributed by atoms with Crippen LogP contribution < -0.4 is 15.7 Å². The van der Waals surface area contributed by atoms with E-state index in [2.05, 4.69) is 20.7 Å². The van der Waals surface area contributed by atoms with Crippen LogP contribution >= 0.6 is 11.6 Å². The van der Waals surface area contributed by atoms with Crippen molar-refractivity contribution in [3.8, 4) is 5.75 Å². The Morgan fingerprint density at radius 3 is 3.00 bits per heavy atom. The van der Waals surface area contributed by atoms with Gasteiger partial charge >= 0.3 is 5.69 Å². The number of hydrogen-bond acceptors (Lipinski definition) is 7. The minimum Gasteiger partial charge on any atom is -0.490 e. The molecule has 9 nitrogen and oxygen atoms in total. The van der Waals surface area contributed by atoms with Crippen LogP contribution in [0.25, 0.3) is 0 Å². The monoisotopic (exact) mass is 323 g/mol. The number of nitrogens with zero attached hydrogens (tertiary/aromatic N) is 3. The lowest BCUT2D eigenvalue weighted by atomic mass is 10.2. The molecule has 0 fully saturated rings. The Morgan fingerprint density at radius 2 is 2.32 bits per heavy atom. The molecular weight excluding hydrogens is 314 g/mol. The highest BCUT2D eigenvalue weighted by Crippen LogP contribution is 2.26. The van der Waals surface area contributed by atoms with Crippen LogP contribution in [0.2, 0.25) is 5.02 Å². The molecule has 0 atom stereocenters. The van der Waals surface area contributed by atoms with E-state index in [0.29, 0.717) is 5.56 Å². The van der Waals surface area contributed by atoms with E-state index < -0.39 is 10.5 Å². The summed E-state index contributed by atoms with van der Waals surface area (Å²) in [6.45, 7) is 0. The summed E-state index contributed by atoms with van der Waals surface area (Å²) in [7, 11) is 1.35. The van der Waals surface area contributed by atoms with E-state index in [1.54, 1.807) is 6.07 Å². The van der Waals surface area contributed by atoms with E-state index in [1.807, 2.05) is 0 Å². The summed E-state index contributed by atoms with van der Waals surface area (Å²) >= 11 is 5.76. The topological polar surface area (TPSA) is 123 Å². The smallest absolute Gasteiger partial charge is 0.311 e. The number of hydrazone groups is 1. The van der Waals surface area contributed by atoms with Crippen molar-refractivity contribution in [2.45, 2.75) is 0 Å². The predicted molar refractivity (Wildman–Crippen MR) is 80.7 cm³/mol. The van der Waals surface area contributed by atoms with Gasteiger partial charge in [0, 0.05) is 11.6 Å². The summed E-state index contributed by atoms with van der Waals surface area (Å²) in [4.78, 5) is 21.6. The van der Waals surface area contributed by atoms with Gasteiger partial charge in [-0.3, -0.25) is 20.3 Å². The number of methoxy groups -OCH3 is 1. The SMILES string of the molecule is COc1ccc(/C=N\Nc2cn[nH]c(=O)c2Cl)cc1[N+](=O)[O-]. The van der Waals surface area contributed by atoms with Gasteiger partial charge in [0.15, 0.2) is 5.75 Å². The molecule has 0 aliphatic rings. The zero-order valence-electron chi connectivity index (χ0n) is 11.2. The second-order valence-electron chi connectivity index (χ2n) is 3.99. The van der Waals surface area contributed by atoms with Crippen molar-refractivity contribution in [2.24, 2.45) is 5.10 Å². The van der Waals surface area contributed by atoms with Gasteiger partial charge in [0.1, 0.15) is 10.7 Å². The molecule has 0 saturated carbocycles. The van der Waals surface area contributed by atoms with Gasteiger partial charge in [0.2, 0.25) is 0 Å². The van der Waals surface area contributed by atoms with Gasteiger partial charge in [-0.15, -0.1) is 0 Å². The average Bonchev–Trinajstić information content (AvgIpc) is 2.51. The molecule has 114 valence electrons. The van der Waals surface area contributed by atoms with Gasteiger partial charge in [-0.2, -0.15) is 10.2 Å². The quantitative estimate of drug-likeness (QED) is 0.491.